The van der Waals surface area contributed by atoms with Crippen molar-refractivity contribution in [1.29, 1.82) is 0 Å². The number of aryl methyl sites for hydroxylation is 2. The third kappa shape index (κ3) is 4.91. The van der Waals surface area contributed by atoms with Crippen LogP contribution < -0.4 is 9.62 Å². The Morgan fingerprint density at radius 1 is 0.935 bits per heavy atom. The van der Waals surface area contributed by atoms with E-state index in [9.17, 15) is 22.0 Å². The van der Waals surface area contributed by atoms with E-state index in [0.717, 1.165) is 27.6 Å². The van der Waals surface area contributed by atoms with Crippen LogP contribution in [0.2, 0.25) is 0 Å². The highest BCUT2D eigenvalue weighted by Gasteiger charge is 2.28. The van der Waals surface area contributed by atoms with Crippen molar-refractivity contribution >= 4 is 27.3 Å². The van der Waals surface area contributed by atoms with E-state index < -0.39 is 34.1 Å². The predicted molar refractivity (Wildman–Crippen MR) is 117 cm³/mol. The van der Waals surface area contributed by atoms with Crippen LogP contribution in [0.25, 0.3) is 0 Å². The van der Waals surface area contributed by atoms with Gasteiger partial charge in [0.15, 0.2) is 11.6 Å². The van der Waals surface area contributed by atoms with Crippen molar-refractivity contribution in [2.24, 2.45) is 0 Å². The predicted octanol–water partition coefficient (Wildman–Crippen LogP) is 4.72. The first-order chi connectivity index (χ1) is 14.6. The largest absolute Gasteiger partial charge is 0.324 e. The summed E-state index contributed by atoms with van der Waals surface area (Å²) in [5, 5.41) is 2.43. The molecule has 0 heterocycles. The number of amides is 1. The lowest BCUT2D eigenvalue weighted by molar-refractivity contribution is -0.114. The fourth-order valence-electron chi connectivity index (χ4n) is 3.05. The second-order valence-electron chi connectivity index (χ2n) is 7.22. The van der Waals surface area contributed by atoms with Gasteiger partial charge in [-0.1, -0.05) is 29.8 Å². The Morgan fingerprint density at radius 2 is 1.61 bits per heavy atom. The number of sulfonamides is 1. The van der Waals surface area contributed by atoms with Crippen molar-refractivity contribution in [1.82, 2.24) is 0 Å². The molecular formula is C23H22F2N2O3S. The van der Waals surface area contributed by atoms with Crippen LogP contribution in [0.3, 0.4) is 0 Å². The standard InChI is InChI=1S/C23H22F2N2O3S/c1-15-7-10-19(11-8-15)31(29,30)27(22-6-4-5-16(2)17(22)3)14-23(28)26-18-9-12-20(24)21(25)13-18/h4-13H,14H2,1-3H3,(H,26,28). The van der Waals surface area contributed by atoms with Crippen LogP contribution in [0, 0.1) is 32.4 Å². The first-order valence-corrected chi connectivity index (χ1v) is 10.9. The number of anilines is 2. The molecule has 3 rings (SSSR count). The van der Waals surface area contributed by atoms with Gasteiger partial charge in [0, 0.05) is 11.8 Å². The molecule has 0 saturated carbocycles. The molecule has 0 aliphatic heterocycles. The molecule has 0 spiro atoms. The van der Waals surface area contributed by atoms with Crippen LogP contribution >= 0.6 is 0 Å². The molecule has 31 heavy (non-hydrogen) atoms. The third-order valence-electron chi connectivity index (χ3n) is 4.94. The highest BCUT2D eigenvalue weighted by molar-refractivity contribution is 7.92. The molecule has 0 saturated heterocycles. The molecule has 0 aliphatic carbocycles. The molecule has 0 aliphatic rings. The second-order valence-corrected chi connectivity index (χ2v) is 9.08. The van der Waals surface area contributed by atoms with Crippen molar-refractivity contribution in [3.05, 3.63) is 89.0 Å². The van der Waals surface area contributed by atoms with Crippen molar-refractivity contribution in [3.8, 4) is 0 Å². The fourth-order valence-corrected chi connectivity index (χ4v) is 4.53. The van der Waals surface area contributed by atoms with Crippen LogP contribution in [0.15, 0.2) is 65.6 Å². The summed E-state index contributed by atoms with van der Waals surface area (Å²) < 4.78 is 54.5. The first kappa shape index (κ1) is 22.4. The monoisotopic (exact) mass is 444 g/mol. The molecule has 0 bridgehead atoms. The Balaban J connectivity index is 1.99. The second kappa shape index (κ2) is 8.85. The van der Waals surface area contributed by atoms with Crippen molar-refractivity contribution in [3.63, 3.8) is 0 Å². The average molecular weight is 445 g/mol. The summed E-state index contributed by atoms with van der Waals surface area (Å²) in [6.07, 6.45) is 0. The van der Waals surface area contributed by atoms with Gasteiger partial charge < -0.3 is 5.32 Å². The molecule has 0 radical (unpaired) electrons. The zero-order valence-corrected chi connectivity index (χ0v) is 18.1. The lowest BCUT2D eigenvalue weighted by Crippen LogP contribution is -2.38. The summed E-state index contributed by atoms with van der Waals surface area (Å²) in [6, 6.07) is 14.4. The van der Waals surface area contributed by atoms with Gasteiger partial charge in [-0.3, -0.25) is 9.10 Å². The van der Waals surface area contributed by atoms with Crippen LogP contribution in [0.4, 0.5) is 20.2 Å². The summed E-state index contributed by atoms with van der Waals surface area (Å²) in [4.78, 5) is 12.7. The van der Waals surface area contributed by atoms with Gasteiger partial charge in [-0.2, -0.15) is 0 Å². The zero-order chi connectivity index (χ0) is 22.8. The number of halogens is 2. The Morgan fingerprint density at radius 3 is 2.26 bits per heavy atom. The molecule has 1 N–H and O–H groups in total. The maximum Gasteiger partial charge on any atom is 0.264 e. The molecule has 1 amide bonds. The highest BCUT2D eigenvalue weighted by Crippen LogP contribution is 2.29. The van der Waals surface area contributed by atoms with E-state index in [0.29, 0.717) is 11.3 Å². The minimum absolute atomic E-state index is 0.0255. The van der Waals surface area contributed by atoms with Gasteiger partial charge in [0.25, 0.3) is 10.0 Å². The molecule has 3 aromatic rings. The lowest BCUT2D eigenvalue weighted by atomic mass is 10.1. The SMILES string of the molecule is Cc1ccc(S(=O)(=O)N(CC(=O)Nc2ccc(F)c(F)c2)c2cccc(C)c2C)cc1. The molecule has 5 nitrogen and oxygen atoms in total. The van der Waals surface area contributed by atoms with E-state index in [1.54, 1.807) is 31.2 Å². The highest BCUT2D eigenvalue weighted by atomic mass is 32.2. The molecule has 0 atom stereocenters. The quantitative estimate of drug-likeness (QED) is 0.598. The minimum atomic E-state index is -4.07. The number of carbonyl (C=O) groups is 1. The topological polar surface area (TPSA) is 66.5 Å². The number of carbonyl (C=O) groups excluding carboxylic acids is 1. The summed E-state index contributed by atoms with van der Waals surface area (Å²) in [6.45, 7) is 4.92. The fraction of sp³-hybridized carbons (Fsp3) is 0.174. The number of hydrogen-bond donors (Lipinski definition) is 1. The molecular weight excluding hydrogens is 422 g/mol. The first-order valence-electron chi connectivity index (χ1n) is 9.50. The summed E-state index contributed by atoms with van der Waals surface area (Å²) in [5.41, 5.74) is 2.85. The smallest absolute Gasteiger partial charge is 0.264 e. The van der Waals surface area contributed by atoms with E-state index in [4.69, 9.17) is 0 Å². The van der Waals surface area contributed by atoms with E-state index >= 15 is 0 Å². The molecule has 162 valence electrons. The van der Waals surface area contributed by atoms with Crippen LogP contribution in [-0.4, -0.2) is 20.9 Å². The molecule has 0 fully saturated rings. The van der Waals surface area contributed by atoms with Gasteiger partial charge in [-0.05, 0) is 62.2 Å². The normalized spacial score (nSPS) is 11.3. The van der Waals surface area contributed by atoms with E-state index in [1.807, 2.05) is 19.9 Å². The molecule has 0 aromatic heterocycles. The lowest BCUT2D eigenvalue weighted by Gasteiger charge is -2.26. The van der Waals surface area contributed by atoms with E-state index in [2.05, 4.69) is 5.32 Å². The Labute approximate surface area is 180 Å². The van der Waals surface area contributed by atoms with Crippen molar-refractivity contribution in [2.45, 2.75) is 25.7 Å². The average Bonchev–Trinajstić information content (AvgIpc) is 2.71. The maximum absolute atomic E-state index is 13.5. The van der Waals surface area contributed by atoms with Gasteiger partial charge in [0.1, 0.15) is 6.54 Å². The molecule has 0 unspecified atom stereocenters. The van der Waals surface area contributed by atoms with Crippen molar-refractivity contribution in [2.75, 3.05) is 16.2 Å². The van der Waals surface area contributed by atoms with E-state index in [-0.39, 0.29) is 10.6 Å². The molecule has 3 aromatic carbocycles. The molecule has 8 heteroatoms. The maximum atomic E-state index is 13.5. The number of rotatable bonds is 6. The van der Waals surface area contributed by atoms with Crippen LogP contribution in [0.5, 0.6) is 0 Å². The van der Waals surface area contributed by atoms with Gasteiger partial charge >= 0.3 is 0 Å². The van der Waals surface area contributed by atoms with Gasteiger partial charge in [-0.25, -0.2) is 17.2 Å². The van der Waals surface area contributed by atoms with Crippen LogP contribution in [0.1, 0.15) is 16.7 Å². The Bertz CT molecular complexity index is 1230. The van der Waals surface area contributed by atoms with Crippen molar-refractivity contribution < 1.29 is 22.0 Å². The number of nitrogens with one attached hydrogen (secondary N) is 1. The third-order valence-corrected chi connectivity index (χ3v) is 6.72. The zero-order valence-electron chi connectivity index (χ0n) is 17.3. The van der Waals surface area contributed by atoms with Gasteiger partial charge in [0.2, 0.25) is 5.91 Å². The Hall–Kier alpha value is -3.26. The number of benzene rings is 3. The number of hydrogen-bond acceptors (Lipinski definition) is 3. The number of nitrogens with zero attached hydrogens (tertiary/aromatic N) is 1. The summed E-state index contributed by atoms with van der Waals surface area (Å²) >= 11 is 0. The van der Waals surface area contributed by atoms with Gasteiger partial charge in [-0.15, -0.1) is 0 Å². The van der Waals surface area contributed by atoms with Gasteiger partial charge in [0.05, 0.1) is 10.6 Å². The summed E-state index contributed by atoms with van der Waals surface area (Å²) in [7, 11) is -4.07. The van der Waals surface area contributed by atoms with E-state index in [1.165, 1.54) is 18.2 Å². The summed E-state index contributed by atoms with van der Waals surface area (Å²) in [5.74, 6) is -2.85. The Kier molecular flexibility index (Phi) is 6.40. The minimum Gasteiger partial charge on any atom is -0.324 e. The van der Waals surface area contributed by atoms with Crippen LogP contribution in [-0.2, 0) is 14.8 Å².